The lowest BCUT2D eigenvalue weighted by atomic mass is 10.2. The van der Waals surface area contributed by atoms with Gasteiger partial charge in [0.1, 0.15) is 22.6 Å². The number of carbonyl (C=O) groups is 4. The Balaban J connectivity index is 1.85. The van der Waals surface area contributed by atoms with Crippen molar-refractivity contribution in [2.24, 2.45) is 0 Å². The van der Waals surface area contributed by atoms with Gasteiger partial charge >= 0.3 is 24.3 Å². The van der Waals surface area contributed by atoms with Gasteiger partial charge in [0.05, 0.1) is 40.4 Å². The van der Waals surface area contributed by atoms with Gasteiger partial charge in [-0.15, -0.1) is 5.10 Å². The minimum absolute atomic E-state index is 0.00626. The maximum absolute atomic E-state index is 14.2. The zero-order chi connectivity index (χ0) is 35.8. The summed E-state index contributed by atoms with van der Waals surface area (Å²) in [5.74, 6) is -0.903. The number of imide groups is 1. The molecule has 4 amide bonds. The molecule has 0 saturated heterocycles. The highest BCUT2D eigenvalue weighted by Gasteiger charge is 2.38. The summed E-state index contributed by atoms with van der Waals surface area (Å²) in [6.45, 7) is 16.6. The fraction of sp³-hybridized carbons (Fsp3) is 0.394. The highest BCUT2D eigenvalue weighted by atomic mass is 19.1. The van der Waals surface area contributed by atoms with Crippen LogP contribution in [0.2, 0.25) is 0 Å². The highest BCUT2D eigenvalue weighted by molar-refractivity contribution is 6.16. The molecule has 0 saturated carbocycles. The first kappa shape index (κ1) is 35.4. The monoisotopic (exact) mass is 665 g/mol. The van der Waals surface area contributed by atoms with E-state index in [-0.39, 0.29) is 33.8 Å². The summed E-state index contributed by atoms with van der Waals surface area (Å²) in [6.07, 6.45) is -0.314. The number of aryl methyl sites for hydroxylation is 1. The Hall–Kier alpha value is -5.47. The van der Waals surface area contributed by atoms with Crippen molar-refractivity contribution >= 4 is 52.4 Å². The SMILES string of the molecule is Cc1ccc(F)c(NC(=O)Nc2cnn(-c3cccc4c3c(N(C(=O)OC(C)(C)C)C(=O)OC(C)(C)C)nn4C(=O)OC(C)(C)C)c2)c1. The molecule has 4 aromatic rings. The average Bonchev–Trinajstić information content (AvgIpc) is 3.53. The third-order valence-electron chi connectivity index (χ3n) is 6.05. The molecule has 256 valence electrons. The third-order valence-corrected chi connectivity index (χ3v) is 6.05. The van der Waals surface area contributed by atoms with Crippen molar-refractivity contribution in [1.29, 1.82) is 0 Å². The Bertz CT molecular complexity index is 1850. The number of rotatable bonds is 4. The Morgan fingerprint density at radius 2 is 1.44 bits per heavy atom. The Kier molecular flexibility index (Phi) is 9.56. The molecule has 2 N–H and O–H groups in total. The van der Waals surface area contributed by atoms with E-state index in [2.05, 4.69) is 20.8 Å². The molecule has 0 spiro atoms. The van der Waals surface area contributed by atoms with E-state index < -0.39 is 46.9 Å². The van der Waals surface area contributed by atoms with Crippen molar-refractivity contribution in [3.63, 3.8) is 0 Å². The molecule has 4 rings (SSSR count). The molecular formula is C33H40FN7O7. The molecular weight excluding hydrogens is 625 g/mol. The molecule has 0 aliphatic rings. The topological polar surface area (TPSA) is 159 Å². The van der Waals surface area contributed by atoms with Gasteiger partial charge in [-0.3, -0.25) is 0 Å². The third kappa shape index (κ3) is 8.66. The molecule has 0 fully saturated rings. The number of nitrogens with zero attached hydrogens (tertiary/aromatic N) is 5. The van der Waals surface area contributed by atoms with E-state index in [1.165, 1.54) is 29.2 Å². The molecule has 0 radical (unpaired) electrons. The summed E-state index contributed by atoms with van der Waals surface area (Å²) in [6, 6.07) is 8.35. The summed E-state index contributed by atoms with van der Waals surface area (Å²) < 4.78 is 33.2. The van der Waals surface area contributed by atoms with Crippen LogP contribution < -0.4 is 15.5 Å². The summed E-state index contributed by atoms with van der Waals surface area (Å²) in [5.41, 5.74) is -1.57. The number of halogens is 1. The first-order chi connectivity index (χ1) is 22.1. The zero-order valence-corrected chi connectivity index (χ0v) is 28.6. The molecule has 14 nitrogen and oxygen atoms in total. The number of urea groups is 1. The van der Waals surface area contributed by atoms with Crippen molar-refractivity contribution in [2.45, 2.75) is 86.0 Å². The van der Waals surface area contributed by atoms with Crippen molar-refractivity contribution < 1.29 is 37.8 Å². The van der Waals surface area contributed by atoms with Gasteiger partial charge in [-0.05, 0) is 99.1 Å². The number of hydrogen-bond acceptors (Lipinski definition) is 9. The van der Waals surface area contributed by atoms with E-state index in [0.717, 1.165) is 10.2 Å². The second-order valence-corrected chi connectivity index (χ2v) is 13.9. The van der Waals surface area contributed by atoms with E-state index in [9.17, 15) is 23.6 Å². The number of carbonyl (C=O) groups excluding carboxylic acids is 4. The van der Waals surface area contributed by atoms with Gasteiger partial charge in [0.2, 0.25) is 0 Å². The van der Waals surface area contributed by atoms with Crippen LogP contribution in [0.15, 0.2) is 48.8 Å². The van der Waals surface area contributed by atoms with Crippen LogP contribution in [-0.4, -0.2) is 60.7 Å². The van der Waals surface area contributed by atoms with Crippen LogP contribution in [0.3, 0.4) is 0 Å². The predicted molar refractivity (Wildman–Crippen MR) is 177 cm³/mol. The van der Waals surface area contributed by atoms with Crippen LogP contribution >= 0.6 is 0 Å². The molecule has 0 bridgehead atoms. The largest absolute Gasteiger partial charge is 0.443 e. The van der Waals surface area contributed by atoms with E-state index in [0.29, 0.717) is 4.90 Å². The van der Waals surface area contributed by atoms with Crippen LogP contribution in [0.4, 0.5) is 40.8 Å². The van der Waals surface area contributed by atoms with Crippen LogP contribution in [0.1, 0.15) is 67.9 Å². The standard InChI is InChI=1S/C33H40FN7O7/c1-19-14-15-21(34)22(16-19)37-27(42)36-20-17-35-39(18-20)23-12-11-13-24-25(23)26(38-41(24)30(45)48-33(8,9)10)40(28(43)46-31(2,3)4)29(44)47-32(5,6)7/h11-18H,1-10H3,(H2,36,37,42). The first-order valence-electron chi connectivity index (χ1n) is 15.0. The summed E-state index contributed by atoms with van der Waals surface area (Å²) in [4.78, 5) is 54.0. The molecule has 0 unspecified atom stereocenters. The Morgan fingerprint density at radius 3 is 2.02 bits per heavy atom. The van der Waals surface area contributed by atoms with Gasteiger partial charge in [0, 0.05) is 0 Å². The fourth-order valence-corrected chi connectivity index (χ4v) is 4.33. The van der Waals surface area contributed by atoms with Crippen LogP contribution in [0, 0.1) is 12.7 Å². The van der Waals surface area contributed by atoms with Gasteiger partial charge < -0.3 is 24.8 Å². The lowest BCUT2D eigenvalue weighted by Crippen LogP contribution is -2.44. The van der Waals surface area contributed by atoms with Crippen molar-refractivity contribution in [3.8, 4) is 5.69 Å². The van der Waals surface area contributed by atoms with Crippen molar-refractivity contribution in [2.75, 3.05) is 15.5 Å². The highest BCUT2D eigenvalue weighted by Crippen LogP contribution is 2.34. The van der Waals surface area contributed by atoms with Crippen LogP contribution in [0.5, 0.6) is 0 Å². The fourth-order valence-electron chi connectivity index (χ4n) is 4.33. The molecule has 0 atom stereocenters. The number of ether oxygens (including phenoxy) is 3. The van der Waals surface area contributed by atoms with Gasteiger partial charge in [-0.25, -0.2) is 28.3 Å². The molecule has 0 aliphatic heterocycles. The quantitative estimate of drug-likeness (QED) is 0.208. The zero-order valence-electron chi connectivity index (χ0n) is 28.6. The van der Waals surface area contributed by atoms with Crippen molar-refractivity contribution in [1.82, 2.24) is 19.6 Å². The second-order valence-electron chi connectivity index (χ2n) is 13.9. The first-order valence-corrected chi connectivity index (χ1v) is 15.0. The van der Waals surface area contributed by atoms with Crippen LogP contribution in [-0.2, 0) is 14.2 Å². The number of aromatic nitrogens is 4. The number of benzene rings is 2. The number of anilines is 3. The molecule has 2 heterocycles. The predicted octanol–water partition coefficient (Wildman–Crippen LogP) is 7.77. The molecule has 2 aromatic heterocycles. The van der Waals surface area contributed by atoms with Gasteiger partial charge in [0.25, 0.3) is 0 Å². The van der Waals surface area contributed by atoms with Gasteiger partial charge in [0.15, 0.2) is 5.82 Å². The number of fused-ring (bicyclic) bond motifs is 1. The maximum Gasteiger partial charge on any atom is 0.435 e. The summed E-state index contributed by atoms with van der Waals surface area (Å²) in [7, 11) is 0. The second kappa shape index (κ2) is 13.0. The Morgan fingerprint density at radius 1 is 0.833 bits per heavy atom. The average molecular weight is 666 g/mol. The summed E-state index contributed by atoms with van der Waals surface area (Å²) in [5, 5.41) is 13.9. The molecule has 15 heteroatoms. The smallest absolute Gasteiger partial charge is 0.435 e. The number of amides is 4. The normalized spacial score (nSPS) is 12.0. The van der Waals surface area contributed by atoms with Gasteiger partial charge in [-0.1, -0.05) is 12.1 Å². The lowest BCUT2D eigenvalue weighted by Gasteiger charge is -2.27. The van der Waals surface area contributed by atoms with Crippen molar-refractivity contribution in [3.05, 3.63) is 60.2 Å². The van der Waals surface area contributed by atoms with Gasteiger partial charge in [-0.2, -0.15) is 14.7 Å². The van der Waals surface area contributed by atoms with E-state index in [4.69, 9.17) is 14.2 Å². The maximum atomic E-state index is 14.2. The van der Waals surface area contributed by atoms with E-state index in [1.807, 2.05) is 0 Å². The lowest BCUT2D eigenvalue weighted by molar-refractivity contribution is 0.0421. The summed E-state index contributed by atoms with van der Waals surface area (Å²) >= 11 is 0. The van der Waals surface area contributed by atoms with Crippen LogP contribution in [0.25, 0.3) is 16.6 Å². The van der Waals surface area contributed by atoms with E-state index in [1.54, 1.807) is 93.5 Å². The number of hydrogen-bond donors (Lipinski definition) is 2. The molecule has 2 aromatic carbocycles. The van der Waals surface area contributed by atoms with E-state index >= 15 is 0 Å². The molecule has 0 aliphatic carbocycles. The molecule has 48 heavy (non-hydrogen) atoms. The minimum Gasteiger partial charge on any atom is -0.443 e. The minimum atomic E-state index is -1.11. The Labute approximate surface area is 277 Å². The number of nitrogens with one attached hydrogen (secondary N) is 2.